The van der Waals surface area contributed by atoms with Crippen molar-refractivity contribution in [3.8, 4) is 0 Å². The summed E-state index contributed by atoms with van der Waals surface area (Å²) in [5.74, 6) is 0.664. The molecule has 106 valence electrons. The Hall–Kier alpha value is -1.77. The van der Waals surface area contributed by atoms with Gasteiger partial charge in [0.1, 0.15) is 0 Å². The molecule has 0 aromatic heterocycles. The van der Waals surface area contributed by atoms with Crippen LogP contribution in [0.2, 0.25) is 0 Å². The normalized spacial score (nSPS) is 30.3. The molecule has 2 aliphatic rings. The summed E-state index contributed by atoms with van der Waals surface area (Å²) in [6, 6.07) is 9.70. The summed E-state index contributed by atoms with van der Waals surface area (Å²) in [5.41, 5.74) is 7.61. The van der Waals surface area contributed by atoms with E-state index < -0.39 is 0 Å². The van der Waals surface area contributed by atoms with Gasteiger partial charge in [-0.2, -0.15) is 0 Å². The molecule has 2 N–H and O–H groups in total. The Morgan fingerprint density at radius 3 is 2.60 bits per heavy atom. The number of hydrazine groups is 1. The van der Waals surface area contributed by atoms with Crippen LogP contribution in [0, 0.1) is 16.7 Å². The Labute approximate surface area is 120 Å². The molecule has 3 heteroatoms. The lowest BCUT2D eigenvalue weighted by atomic mass is 9.68. The summed E-state index contributed by atoms with van der Waals surface area (Å²) < 4.78 is 0. The highest BCUT2D eigenvalue weighted by molar-refractivity contribution is 5.88. The van der Waals surface area contributed by atoms with Gasteiger partial charge in [-0.1, -0.05) is 44.2 Å². The van der Waals surface area contributed by atoms with E-state index in [1.807, 2.05) is 30.3 Å². The number of benzene rings is 1. The summed E-state index contributed by atoms with van der Waals surface area (Å²) >= 11 is 0. The average molecular weight is 270 g/mol. The molecule has 2 aliphatic carbocycles. The van der Waals surface area contributed by atoms with Crippen LogP contribution < -0.4 is 10.9 Å². The van der Waals surface area contributed by atoms with Crippen LogP contribution in [0.4, 0.5) is 5.69 Å². The molecule has 1 aromatic carbocycles. The highest BCUT2D eigenvalue weighted by Gasteiger charge is 2.60. The lowest BCUT2D eigenvalue weighted by Crippen LogP contribution is -2.43. The molecule has 2 fully saturated rings. The van der Waals surface area contributed by atoms with Crippen molar-refractivity contribution >= 4 is 11.6 Å². The predicted octanol–water partition coefficient (Wildman–Crippen LogP) is 3.51. The van der Waals surface area contributed by atoms with Crippen LogP contribution in [0.25, 0.3) is 0 Å². The zero-order chi connectivity index (χ0) is 14.4. The van der Waals surface area contributed by atoms with Gasteiger partial charge in [0.2, 0.25) is 5.91 Å². The lowest BCUT2D eigenvalue weighted by molar-refractivity contribution is -0.128. The highest BCUT2D eigenvalue weighted by Crippen LogP contribution is 2.65. The zero-order valence-corrected chi connectivity index (χ0v) is 12.2. The van der Waals surface area contributed by atoms with Crippen molar-refractivity contribution in [2.24, 2.45) is 16.7 Å². The molecule has 0 spiro atoms. The van der Waals surface area contributed by atoms with E-state index in [2.05, 4.69) is 31.3 Å². The molecule has 3 rings (SSSR count). The fourth-order valence-corrected chi connectivity index (χ4v) is 3.91. The molecule has 0 radical (unpaired) electrons. The van der Waals surface area contributed by atoms with Gasteiger partial charge in [-0.15, -0.1) is 0 Å². The van der Waals surface area contributed by atoms with Gasteiger partial charge in [0.25, 0.3) is 0 Å². The number of fused-ring (bicyclic) bond motifs is 2. The average Bonchev–Trinajstić information content (AvgIpc) is 2.98. The Bertz CT molecular complexity index is 549. The minimum absolute atomic E-state index is 0.0689. The minimum Gasteiger partial charge on any atom is -0.299 e. The second-order valence-corrected chi connectivity index (χ2v) is 6.67. The summed E-state index contributed by atoms with van der Waals surface area (Å²) in [5, 5.41) is 0. The molecular weight excluding hydrogens is 248 g/mol. The van der Waals surface area contributed by atoms with Crippen LogP contribution in [0.3, 0.4) is 0 Å². The monoisotopic (exact) mass is 270 g/mol. The molecule has 2 saturated carbocycles. The van der Waals surface area contributed by atoms with E-state index in [1.165, 1.54) is 0 Å². The van der Waals surface area contributed by atoms with Crippen molar-refractivity contribution < 1.29 is 4.79 Å². The quantitative estimate of drug-likeness (QED) is 0.652. The third-order valence-electron chi connectivity index (χ3n) is 5.42. The first-order valence-electron chi connectivity index (χ1n) is 7.28. The Morgan fingerprint density at radius 2 is 2.00 bits per heavy atom. The number of carbonyl (C=O) groups excluding carboxylic acids is 1. The number of anilines is 1. The van der Waals surface area contributed by atoms with Crippen LogP contribution in [0.1, 0.15) is 33.1 Å². The number of amides is 1. The van der Waals surface area contributed by atoms with Crippen LogP contribution in [0.5, 0.6) is 0 Å². The molecule has 0 heterocycles. The molecule has 0 aliphatic heterocycles. The standard InChI is InChI=1S/C17H22N2O/c1-12-16(2,3)13-9-10-17(12,11-13)15(20)19-18-14-7-5-4-6-8-14/h4-8,13,18H,1,9-11H2,2-3H3,(H,19,20)/t13-,17+/m1/s1. The first-order chi connectivity index (χ1) is 9.47. The third kappa shape index (κ3) is 1.76. The van der Waals surface area contributed by atoms with Crippen LogP contribution in [0.15, 0.2) is 42.5 Å². The van der Waals surface area contributed by atoms with Crippen LogP contribution >= 0.6 is 0 Å². The number of para-hydroxylation sites is 1. The van der Waals surface area contributed by atoms with Gasteiger partial charge in [-0.05, 0) is 42.7 Å². The first-order valence-corrected chi connectivity index (χ1v) is 7.28. The van der Waals surface area contributed by atoms with E-state index in [1.54, 1.807) is 0 Å². The third-order valence-corrected chi connectivity index (χ3v) is 5.42. The number of carbonyl (C=O) groups is 1. The van der Waals surface area contributed by atoms with E-state index in [9.17, 15) is 4.79 Å². The van der Waals surface area contributed by atoms with Crippen molar-refractivity contribution in [3.63, 3.8) is 0 Å². The van der Waals surface area contributed by atoms with Gasteiger partial charge in [0.15, 0.2) is 0 Å². The summed E-state index contributed by atoms with van der Waals surface area (Å²) in [4.78, 5) is 12.7. The van der Waals surface area contributed by atoms with E-state index in [0.717, 1.165) is 30.5 Å². The van der Waals surface area contributed by atoms with Gasteiger partial charge in [-0.3, -0.25) is 15.6 Å². The van der Waals surface area contributed by atoms with Gasteiger partial charge >= 0.3 is 0 Å². The molecule has 2 bridgehead atoms. The smallest absolute Gasteiger partial charge is 0.248 e. The fraction of sp³-hybridized carbons (Fsp3) is 0.471. The lowest BCUT2D eigenvalue weighted by Gasteiger charge is -2.37. The maximum absolute atomic E-state index is 12.7. The van der Waals surface area contributed by atoms with Crippen molar-refractivity contribution in [2.75, 3.05) is 5.43 Å². The van der Waals surface area contributed by atoms with E-state index in [4.69, 9.17) is 0 Å². The molecule has 2 atom stereocenters. The van der Waals surface area contributed by atoms with E-state index in [0.29, 0.717) is 5.92 Å². The van der Waals surface area contributed by atoms with Crippen molar-refractivity contribution in [1.82, 2.24) is 5.43 Å². The molecule has 0 unspecified atom stereocenters. The molecular formula is C17H22N2O. The zero-order valence-electron chi connectivity index (χ0n) is 12.2. The molecule has 3 nitrogen and oxygen atoms in total. The SMILES string of the molecule is C=C1C(C)(C)[C@@H]2CC[C@]1(C(=O)NNc1ccccc1)C2. The molecule has 1 amide bonds. The Balaban J connectivity index is 1.73. The number of hydrogen-bond donors (Lipinski definition) is 2. The number of nitrogens with one attached hydrogen (secondary N) is 2. The first kappa shape index (κ1) is 13.2. The largest absolute Gasteiger partial charge is 0.299 e. The second kappa shape index (κ2) is 4.37. The Kier molecular flexibility index (Phi) is 2.89. The van der Waals surface area contributed by atoms with Crippen LogP contribution in [-0.4, -0.2) is 5.91 Å². The van der Waals surface area contributed by atoms with E-state index >= 15 is 0 Å². The van der Waals surface area contributed by atoms with E-state index in [-0.39, 0.29) is 16.7 Å². The predicted molar refractivity (Wildman–Crippen MR) is 80.9 cm³/mol. The fourth-order valence-electron chi connectivity index (χ4n) is 3.91. The van der Waals surface area contributed by atoms with Crippen molar-refractivity contribution in [3.05, 3.63) is 42.5 Å². The maximum Gasteiger partial charge on any atom is 0.248 e. The van der Waals surface area contributed by atoms with Gasteiger partial charge in [0.05, 0.1) is 11.1 Å². The number of rotatable bonds is 3. The van der Waals surface area contributed by atoms with Gasteiger partial charge in [-0.25, -0.2) is 0 Å². The van der Waals surface area contributed by atoms with Crippen LogP contribution in [-0.2, 0) is 4.79 Å². The summed E-state index contributed by atoms with van der Waals surface area (Å²) in [7, 11) is 0. The highest BCUT2D eigenvalue weighted by atomic mass is 16.2. The van der Waals surface area contributed by atoms with Crippen molar-refractivity contribution in [2.45, 2.75) is 33.1 Å². The Morgan fingerprint density at radius 1 is 1.30 bits per heavy atom. The molecule has 1 aromatic rings. The van der Waals surface area contributed by atoms with Crippen molar-refractivity contribution in [1.29, 1.82) is 0 Å². The molecule has 20 heavy (non-hydrogen) atoms. The van der Waals surface area contributed by atoms with Gasteiger partial charge in [0, 0.05) is 0 Å². The maximum atomic E-state index is 12.7. The summed E-state index contributed by atoms with van der Waals surface area (Å²) in [6.45, 7) is 8.69. The topological polar surface area (TPSA) is 41.1 Å². The van der Waals surface area contributed by atoms with Gasteiger partial charge < -0.3 is 0 Å². The summed E-state index contributed by atoms with van der Waals surface area (Å²) in [6.07, 6.45) is 3.01. The second-order valence-electron chi connectivity index (χ2n) is 6.67. The molecule has 0 saturated heterocycles. The number of hydrogen-bond acceptors (Lipinski definition) is 2. The minimum atomic E-state index is -0.365.